The molecule has 1 aromatic carbocycles. The number of amides is 2. The van der Waals surface area contributed by atoms with Crippen LogP contribution in [-0.2, 0) is 20.7 Å². The SMILES string of the molecule is O=C1CC(Cc2cc(F)ccc2F)C(=O)N1CCN1CCOCC1. The average molecular weight is 338 g/mol. The minimum Gasteiger partial charge on any atom is -0.379 e. The molecule has 1 atom stereocenters. The molecule has 2 aliphatic rings. The first-order chi connectivity index (χ1) is 11.5. The van der Waals surface area contributed by atoms with Crippen molar-refractivity contribution in [3.8, 4) is 0 Å². The van der Waals surface area contributed by atoms with Crippen LogP contribution in [0.15, 0.2) is 18.2 Å². The Labute approximate surface area is 139 Å². The normalized spacial score (nSPS) is 22.4. The lowest BCUT2D eigenvalue weighted by molar-refractivity contribution is -0.139. The van der Waals surface area contributed by atoms with Gasteiger partial charge >= 0.3 is 0 Å². The quantitative estimate of drug-likeness (QED) is 0.758. The Morgan fingerprint density at radius 3 is 2.62 bits per heavy atom. The van der Waals surface area contributed by atoms with E-state index in [1.54, 1.807) is 0 Å². The van der Waals surface area contributed by atoms with Crippen molar-refractivity contribution in [2.45, 2.75) is 12.8 Å². The Bertz CT molecular complexity index is 632. The molecule has 2 heterocycles. The molecule has 2 aliphatic heterocycles. The largest absolute Gasteiger partial charge is 0.379 e. The van der Waals surface area contributed by atoms with Gasteiger partial charge in [0.2, 0.25) is 11.8 Å². The number of benzene rings is 1. The Hall–Kier alpha value is -1.86. The lowest BCUT2D eigenvalue weighted by atomic mass is 9.97. The van der Waals surface area contributed by atoms with E-state index in [0.29, 0.717) is 26.3 Å². The molecule has 1 aromatic rings. The van der Waals surface area contributed by atoms with Gasteiger partial charge in [-0.3, -0.25) is 19.4 Å². The van der Waals surface area contributed by atoms with Crippen molar-refractivity contribution in [2.75, 3.05) is 39.4 Å². The monoisotopic (exact) mass is 338 g/mol. The zero-order valence-corrected chi connectivity index (χ0v) is 13.3. The van der Waals surface area contributed by atoms with Gasteiger partial charge in [-0.15, -0.1) is 0 Å². The molecule has 2 saturated heterocycles. The first kappa shape index (κ1) is 17.0. The van der Waals surface area contributed by atoms with Gasteiger partial charge in [0.1, 0.15) is 11.6 Å². The lowest BCUT2D eigenvalue weighted by Gasteiger charge is -2.28. The molecule has 0 saturated carbocycles. The maximum atomic E-state index is 13.7. The second-order valence-corrected chi connectivity index (χ2v) is 6.18. The van der Waals surface area contributed by atoms with Crippen molar-refractivity contribution in [1.29, 1.82) is 0 Å². The van der Waals surface area contributed by atoms with E-state index in [9.17, 15) is 18.4 Å². The van der Waals surface area contributed by atoms with Crippen molar-refractivity contribution in [2.24, 2.45) is 5.92 Å². The van der Waals surface area contributed by atoms with Crippen LogP contribution in [0.2, 0.25) is 0 Å². The minimum atomic E-state index is -0.613. The van der Waals surface area contributed by atoms with E-state index in [1.165, 1.54) is 4.90 Å². The number of hydrogen-bond donors (Lipinski definition) is 0. The molecule has 0 aliphatic carbocycles. The standard InChI is InChI=1S/C17H20F2N2O3/c18-14-1-2-15(19)12(10-14)9-13-11-16(22)21(17(13)23)4-3-20-5-7-24-8-6-20/h1-2,10,13H,3-9,11H2. The molecular weight excluding hydrogens is 318 g/mol. The highest BCUT2D eigenvalue weighted by molar-refractivity contribution is 6.03. The van der Waals surface area contributed by atoms with Crippen LogP contribution in [0.5, 0.6) is 0 Å². The van der Waals surface area contributed by atoms with Gasteiger partial charge in [-0.2, -0.15) is 0 Å². The fraction of sp³-hybridized carbons (Fsp3) is 0.529. The van der Waals surface area contributed by atoms with Crippen molar-refractivity contribution < 1.29 is 23.1 Å². The fourth-order valence-corrected chi connectivity index (χ4v) is 3.18. The van der Waals surface area contributed by atoms with Crippen LogP contribution in [0.25, 0.3) is 0 Å². The second-order valence-electron chi connectivity index (χ2n) is 6.18. The number of nitrogens with zero attached hydrogens (tertiary/aromatic N) is 2. The summed E-state index contributed by atoms with van der Waals surface area (Å²) in [4.78, 5) is 27.9. The van der Waals surface area contributed by atoms with Crippen LogP contribution in [0, 0.1) is 17.6 Å². The van der Waals surface area contributed by atoms with Crippen LogP contribution in [0.3, 0.4) is 0 Å². The van der Waals surface area contributed by atoms with Crippen LogP contribution >= 0.6 is 0 Å². The maximum absolute atomic E-state index is 13.7. The summed E-state index contributed by atoms with van der Waals surface area (Å²) in [6.45, 7) is 3.83. The molecule has 2 fully saturated rings. The van der Waals surface area contributed by atoms with Crippen molar-refractivity contribution in [3.63, 3.8) is 0 Å². The molecule has 7 heteroatoms. The minimum absolute atomic E-state index is 0.0439. The Morgan fingerprint density at radius 1 is 1.12 bits per heavy atom. The van der Waals surface area contributed by atoms with Gasteiger partial charge in [0, 0.05) is 32.6 Å². The fourth-order valence-electron chi connectivity index (χ4n) is 3.18. The molecule has 130 valence electrons. The van der Waals surface area contributed by atoms with Gasteiger partial charge in [-0.05, 0) is 30.2 Å². The molecule has 0 N–H and O–H groups in total. The summed E-state index contributed by atoms with van der Waals surface area (Å²) in [7, 11) is 0. The summed E-state index contributed by atoms with van der Waals surface area (Å²) < 4.78 is 32.3. The first-order valence-corrected chi connectivity index (χ1v) is 8.13. The molecule has 0 aromatic heterocycles. The number of ether oxygens (including phenoxy) is 1. The summed E-state index contributed by atoms with van der Waals surface area (Å²) in [5.41, 5.74) is 0.135. The maximum Gasteiger partial charge on any atom is 0.233 e. The van der Waals surface area contributed by atoms with Crippen LogP contribution in [0.4, 0.5) is 8.78 Å². The van der Waals surface area contributed by atoms with Gasteiger partial charge in [0.05, 0.1) is 19.1 Å². The van der Waals surface area contributed by atoms with Gasteiger partial charge in [0.25, 0.3) is 0 Å². The molecule has 0 bridgehead atoms. The van der Waals surface area contributed by atoms with Crippen LogP contribution in [0.1, 0.15) is 12.0 Å². The van der Waals surface area contributed by atoms with Crippen molar-refractivity contribution in [3.05, 3.63) is 35.4 Å². The number of halogens is 2. The zero-order chi connectivity index (χ0) is 17.1. The molecule has 24 heavy (non-hydrogen) atoms. The third-order valence-electron chi connectivity index (χ3n) is 4.55. The molecule has 2 amide bonds. The number of imide groups is 1. The predicted molar refractivity (Wildman–Crippen MR) is 82.1 cm³/mol. The summed E-state index contributed by atoms with van der Waals surface area (Å²) in [6, 6.07) is 3.17. The summed E-state index contributed by atoms with van der Waals surface area (Å²) in [5, 5.41) is 0. The van der Waals surface area contributed by atoms with Crippen molar-refractivity contribution in [1.82, 2.24) is 9.80 Å². The number of carbonyl (C=O) groups excluding carboxylic acids is 2. The van der Waals surface area contributed by atoms with E-state index in [2.05, 4.69) is 4.90 Å². The number of morpholine rings is 1. The number of hydrogen-bond acceptors (Lipinski definition) is 4. The highest BCUT2D eigenvalue weighted by atomic mass is 19.1. The van der Waals surface area contributed by atoms with Gasteiger partial charge in [-0.1, -0.05) is 0 Å². The van der Waals surface area contributed by atoms with E-state index < -0.39 is 17.6 Å². The first-order valence-electron chi connectivity index (χ1n) is 8.13. The van der Waals surface area contributed by atoms with Crippen LogP contribution < -0.4 is 0 Å². The summed E-state index contributed by atoms with van der Waals surface area (Å²) in [5.74, 6) is -2.25. The van der Waals surface area contributed by atoms with E-state index in [-0.39, 0.29) is 30.2 Å². The zero-order valence-electron chi connectivity index (χ0n) is 13.3. The van der Waals surface area contributed by atoms with Gasteiger partial charge in [-0.25, -0.2) is 8.78 Å². The molecule has 5 nitrogen and oxygen atoms in total. The molecular formula is C17H20F2N2O3. The third-order valence-corrected chi connectivity index (χ3v) is 4.55. The van der Waals surface area contributed by atoms with E-state index >= 15 is 0 Å². The third kappa shape index (κ3) is 3.79. The average Bonchev–Trinajstić information content (AvgIpc) is 2.84. The van der Waals surface area contributed by atoms with Gasteiger partial charge < -0.3 is 4.74 Å². The molecule has 0 spiro atoms. The van der Waals surface area contributed by atoms with Gasteiger partial charge in [0.15, 0.2) is 0 Å². The second kappa shape index (κ2) is 7.36. The topological polar surface area (TPSA) is 49.9 Å². The lowest BCUT2D eigenvalue weighted by Crippen LogP contribution is -2.43. The van der Waals surface area contributed by atoms with E-state index in [1.807, 2.05) is 0 Å². The highest BCUT2D eigenvalue weighted by Gasteiger charge is 2.38. The Morgan fingerprint density at radius 2 is 1.88 bits per heavy atom. The summed E-state index contributed by atoms with van der Waals surface area (Å²) >= 11 is 0. The molecule has 0 radical (unpaired) electrons. The molecule has 1 unspecified atom stereocenters. The smallest absolute Gasteiger partial charge is 0.233 e. The van der Waals surface area contributed by atoms with E-state index in [4.69, 9.17) is 4.74 Å². The Kier molecular flexibility index (Phi) is 5.20. The number of rotatable bonds is 5. The predicted octanol–water partition coefficient (Wildman–Crippen LogP) is 1.21. The highest BCUT2D eigenvalue weighted by Crippen LogP contribution is 2.25. The number of likely N-dealkylation sites (tertiary alicyclic amines) is 1. The van der Waals surface area contributed by atoms with E-state index in [0.717, 1.165) is 31.3 Å². The summed E-state index contributed by atoms with van der Waals surface area (Å²) in [6.07, 6.45) is 0.0973. The number of carbonyl (C=O) groups is 2. The van der Waals surface area contributed by atoms with Crippen molar-refractivity contribution >= 4 is 11.8 Å². The molecule has 3 rings (SSSR count). The Balaban J connectivity index is 1.60. The van der Waals surface area contributed by atoms with Crippen LogP contribution in [-0.4, -0.2) is 61.0 Å².